The Balaban J connectivity index is 0.00000225. The van der Waals surface area contributed by atoms with E-state index in [4.69, 9.17) is 11.6 Å². The predicted octanol–water partition coefficient (Wildman–Crippen LogP) is 3.27. The maximum Gasteiger partial charge on any atom is 0.228 e. The topological polar surface area (TPSA) is 52.7 Å². The molecule has 1 N–H and O–H groups in total. The molecule has 1 aromatic carbocycles. The van der Waals surface area contributed by atoms with Crippen LogP contribution in [0.3, 0.4) is 0 Å². The van der Waals surface area contributed by atoms with Crippen molar-refractivity contribution in [1.82, 2.24) is 15.1 Å². The molecule has 4 rings (SSSR count). The molecule has 154 valence electrons. The van der Waals surface area contributed by atoms with Gasteiger partial charge in [0.1, 0.15) is 0 Å². The van der Waals surface area contributed by atoms with Crippen LogP contribution >= 0.6 is 24.0 Å². The summed E-state index contributed by atoms with van der Waals surface area (Å²) in [7, 11) is 1.79. The van der Waals surface area contributed by atoms with Crippen LogP contribution in [0.15, 0.2) is 24.3 Å². The number of piperidine rings is 1. The molecule has 2 unspecified atom stereocenters. The molecule has 2 heterocycles. The molecule has 0 bridgehead atoms. The van der Waals surface area contributed by atoms with Crippen LogP contribution in [-0.2, 0) is 9.59 Å². The van der Waals surface area contributed by atoms with Gasteiger partial charge >= 0.3 is 0 Å². The van der Waals surface area contributed by atoms with Gasteiger partial charge in [-0.3, -0.25) is 9.59 Å². The molecule has 2 amide bonds. The van der Waals surface area contributed by atoms with Crippen molar-refractivity contribution in [3.05, 3.63) is 34.9 Å². The van der Waals surface area contributed by atoms with Crippen LogP contribution in [-0.4, -0.2) is 54.3 Å². The standard InChI is InChI=1S/C21H28ClN3O2.ClH/c1-24-19(26)12-18(20(24)15-3-2-4-16(22)11-15)21(27)25-9-7-17(8-10-25)23-13-14-5-6-14;/h2-4,11,14,17-18,20,23H,5-10,12-13H2,1H3;1H. The summed E-state index contributed by atoms with van der Waals surface area (Å²) in [6, 6.07) is 7.82. The van der Waals surface area contributed by atoms with Crippen LogP contribution in [0.2, 0.25) is 5.02 Å². The van der Waals surface area contributed by atoms with Gasteiger partial charge in [0.05, 0.1) is 12.0 Å². The summed E-state index contributed by atoms with van der Waals surface area (Å²) in [6.07, 6.45) is 5.00. The quantitative estimate of drug-likeness (QED) is 0.787. The van der Waals surface area contributed by atoms with Gasteiger partial charge in [-0.15, -0.1) is 12.4 Å². The van der Waals surface area contributed by atoms with Crippen LogP contribution in [0, 0.1) is 11.8 Å². The monoisotopic (exact) mass is 425 g/mol. The minimum absolute atomic E-state index is 0. The van der Waals surface area contributed by atoms with Gasteiger partial charge in [0.25, 0.3) is 0 Å². The smallest absolute Gasteiger partial charge is 0.228 e. The van der Waals surface area contributed by atoms with Gasteiger partial charge in [-0.2, -0.15) is 0 Å². The second-order valence-electron chi connectivity index (χ2n) is 8.27. The van der Waals surface area contributed by atoms with Crippen LogP contribution in [0.25, 0.3) is 0 Å². The van der Waals surface area contributed by atoms with E-state index in [1.54, 1.807) is 11.9 Å². The normalized spacial score (nSPS) is 25.7. The molecule has 1 aromatic rings. The molecule has 0 aromatic heterocycles. The lowest BCUT2D eigenvalue weighted by Crippen LogP contribution is -2.47. The third kappa shape index (κ3) is 4.64. The van der Waals surface area contributed by atoms with E-state index in [1.807, 2.05) is 29.2 Å². The Bertz CT molecular complexity index is 717. The first-order valence-electron chi connectivity index (χ1n) is 10.1. The van der Waals surface area contributed by atoms with Gasteiger partial charge in [0.15, 0.2) is 0 Å². The Labute approximate surface area is 178 Å². The summed E-state index contributed by atoms with van der Waals surface area (Å²) in [5, 5.41) is 4.29. The predicted molar refractivity (Wildman–Crippen MR) is 113 cm³/mol. The molecule has 1 aliphatic carbocycles. The van der Waals surface area contributed by atoms with Crippen molar-refractivity contribution >= 4 is 35.8 Å². The lowest BCUT2D eigenvalue weighted by atomic mass is 9.91. The van der Waals surface area contributed by atoms with Gasteiger partial charge in [-0.05, 0) is 55.8 Å². The molecule has 3 fully saturated rings. The van der Waals surface area contributed by atoms with Crippen LogP contribution in [0.4, 0.5) is 0 Å². The van der Waals surface area contributed by atoms with Crippen molar-refractivity contribution in [3.63, 3.8) is 0 Å². The molecule has 5 nitrogen and oxygen atoms in total. The highest BCUT2D eigenvalue weighted by molar-refractivity contribution is 6.30. The van der Waals surface area contributed by atoms with Gasteiger partial charge < -0.3 is 15.1 Å². The lowest BCUT2D eigenvalue weighted by Gasteiger charge is -2.35. The molecular formula is C21H29Cl2N3O2. The molecule has 28 heavy (non-hydrogen) atoms. The molecular weight excluding hydrogens is 397 g/mol. The van der Waals surface area contributed by atoms with Gasteiger partial charge in [-0.25, -0.2) is 0 Å². The number of amides is 2. The van der Waals surface area contributed by atoms with Crippen molar-refractivity contribution in [2.45, 2.75) is 44.2 Å². The fourth-order valence-corrected chi connectivity index (χ4v) is 4.63. The first-order valence-corrected chi connectivity index (χ1v) is 10.4. The minimum Gasteiger partial charge on any atom is -0.342 e. The summed E-state index contributed by atoms with van der Waals surface area (Å²) in [6.45, 7) is 2.67. The highest BCUT2D eigenvalue weighted by Gasteiger charge is 2.44. The maximum absolute atomic E-state index is 13.2. The molecule has 2 saturated heterocycles. The highest BCUT2D eigenvalue weighted by Crippen LogP contribution is 2.39. The van der Waals surface area contributed by atoms with Crippen molar-refractivity contribution in [2.75, 3.05) is 26.7 Å². The zero-order valence-corrected chi connectivity index (χ0v) is 17.8. The molecule has 7 heteroatoms. The number of nitrogens with one attached hydrogen (secondary N) is 1. The molecule has 0 spiro atoms. The highest BCUT2D eigenvalue weighted by atomic mass is 35.5. The largest absolute Gasteiger partial charge is 0.342 e. The van der Waals surface area contributed by atoms with E-state index in [2.05, 4.69) is 5.32 Å². The third-order valence-corrected chi connectivity index (χ3v) is 6.53. The Kier molecular flexibility index (Phi) is 6.89. The molecule has 0 radical (unpaired) electrons. The third-order valence-electron chi connectivity index (χ3n) is 6.29. The minimum atomic E-state index is -0.322. The van der Waals surface area contributed by atoms with E-state index in [0.29, 0.717) is 11.1 Å². The second kappa shape index (κ2) is 9.02. The Morgan fingerprint density at radius 1 is 1.21 bits per heavy atom. The number of hydrogen-bond donors (Lipinski definition) is 1. The summed E-state index contributed by atoms with van der Waals surface area (Å²) >= 11 is 6.15. The lowest BCUT2D eigenvalue weighted by molar-refractivity contribution is -0.137. The molecule has 2 atom stereocenters. The average Bonchev–Trinajstić information content (AvgIpc) is 3.45. The van der Waals surface area contributed by atoms with E-state index >= 15 is 0 Å². The van der Waals surface area contributed by atoms with Gasteiger partial charge in [0.2, 0.25) is 11.8 Å². The summed E-state index contributed by atoms with van der Waals surface area (Å²) < 4.78 is 0. The Morgan fingerprint density at radius 3 is 2.57 bits per heavy atom. The van der Waals surface area contributed by atoms with Gasteiger partial charge in [-0.1, -0.05) is 23.7 Å². The fourth-order valence-electron chi connectivity index (χ4n) is 4.43. The molecule has 3 aliphatic rings. The van der Waals surface area contributed by atoms with E-state index in [9.17, 15) is 9.59 Å². The number of carbonyl (C=O) groups is 2. The first-order chi connectivity index (χ1) is 13.0. The Hall–Kier alpha value is -1.30. The number of rotatable bonds is 5. The van der Waals surface area contributed by atoms with Crippen molar-refractivity contribution in [1.29, 1.82) is 0 Å². The number of carbonyl (C=O) groups excluding carboxylic acids is 2. The molecule has 2 aliphatic heterocycles. The second-order valence-corrected chi connectivity index (χ2v) is 8.70. The van der Waals surface area contributed by atoms with Crippen LogP contribution < -0.4 is 5.32 Å². The SMILES string of the molecule is CN1C(=O)CC(C(=O)N2CCC(NCC3CC3)CC2)C1c1cccc(Cl)c1.Cl. The van der Waals surface area contributed by atoms with Crippen molar-refractivity contribution in [3.8, 4) is 0 Å². The van der Waals surface area contributed by atoms with Gasteiger partial charge in [0, 0.05) is 37.6 Å². The van der Waals surface area contributed by atoms with Crippen molar-refractivity contribution < 1.29 is 9.59 Å². The van der Waals surface area contributed by atoms with Crippen LogP contribution in [0.5, 0.6) is 0 Å². The zero-order valence-electron chi connectivity index (χ0n) is 16.3. The molecule has 1 saturated carbocycles. The first kappa shape index (κ1) is 21.4. The Morgan fingerprint density at radius 2 is 1.93 bits per heavy atom. The number of benzene rings is 1. The summed E-state index contributed by atoms with van der Waals surface area (Å²) in [5.74, 6) is 0.692. The number of halogens is 2. The number of likely N-dealkylation sites (tertiary alicyclic amines) is 2. The summed E-state index contributed by atoms with van der Waals surface area (Å²) in [4.78, 5) is 29.3. The maximum atomic E-state index is 13.2. The average molecular weight is 426 g/mol. The van der Waals surface area contributed by atoms with Crippen molar-refractivity contribution in [2.24, 2.45) is 11.8 Å². The zero-order chi connectivity index (χ0) is 19.0. The van der Waals surface area contributed by atoms with Crippen LogP contribution in [0.1, 0.15) is 43.7 Å². The number of hydrogen-bond acceptors (Lipinski definition) is 3. The van der Waals surface area contributed by atoms with E-state index in [1.165, 1.54) is 12.8 Å². The number of nitrogens with zero attached hydrogens (tertiary/aromatic N) is 2. The van der Waals surface area contributed by atoms with E-state index in [-0.39, 0.29) is 42.6 Å². The summed E-state index contributed by atoms with van der Waals surface area (Å²) in [5.41, 5.74) is 0.940. The van der Waals surface area contributed by atoms with E-state index < -0.39 is 0 Å². The van der Waals surface area contributed by atoms with E-state index in [0.717, 1.165) is 44.0 Å². The fraction of sp³-hybridized carbons (Fsp3) is 0.619.